The molecule has 3 aromatic rings. The van der Waals surface area contributed by atoms with Crippen molar-refractivity contribution in [2.75, 3.05) is 19.5 Å². The zero-order valence-corrected chi connectivity index (χ0v) is 23.2. The molecule has 2 atom stereocenters. The number of nitrogens with zero attached hydrogens (tertiary/aromatic N) is 2. The molecule has 0 saturated carbocycles. The highest BCUT2D eigenvalue weighted by molar-refractivity contribution is 7.89. The number of rotatable bonds is 10. The van der Waals surface area contributed by atoms with Gasteiger partial charge in [-0.15, -0.1) is 0 Å². The summed E-state index contributed by atoms with van der Waals surface area (Å²) in [7, 11) is -2.41. The number of benzene rings is 2. The van der Waals surface area contributed by atoms with Crippen molar-refractivity contribution in [3.8, 4) is 5.75 Å². The lowest BCUT2D eigenvalue weighted by Crippen LogP contribution is -2.46. The van der Waals surface area contributed by atoms with E-state index in [0.29, 0.717) is 16.5 Å². The lowest BCUT2D eigenvalue weighted by Gasteiger charge is -2.24. The van der Waals surface area contributed by atoms with Crippen LogP contribution in [-0.4, -0.2) is 67.2 Å². The first kappa shape index (κ1) is 29.4. The largest absolute Gasteiger partial charge is 0.476 e. The quantitative estimate of drug-likeness (QED) is 0.347. The fraction of sp³-hybridized carbons (Fsp3) is 0.346. The van der Waals surface area contributed by atoms with Crippen LogP contribution in [0.3, 0.4) is 0 Å². The van der Waals surface area contributed by atoms with E-state index >= 15 is 0 Å². The number of halogens is 3. The number of Topliss-reactive ketones (excluding diaryl/α,β-unsaturated/α-hetero) is 1. The van der Waals surface area contributed by atoms with E-state index < -0.39 is 45.8 Å². The minimum Gasteiger partial charge on any atom is -0.476 e. The Morgan fingerprint density at radius 2 is 1.95 bits per heavy atom. The zero-order chi connectivity index (χ0) is 29.2. The smallest absolute Gasteiger partial charge is 0.246 e. The molecule has 0 bridgehead atoms. The van der Waals surface area contributed by atoms with E-state index in [1.54, 1.807) is 6.07 Å². The molecule has 0 unspecified atom stereocenters. The van der Waals surface area contributed by atoms with Crippen LogP contribution in [0, 0.1) is 5.82 Å². The van der Waals surface area contributed by atoms with Crippen LogP contribution in [0.4, 0.5) is 8.78 Å². The number of carbonyl (C=O) groups excluding carboxylic acids is 3. The van der Waals surface area contributed by atoms with Crippen LogP contribution in [0.2, 0.25) is 5.02 Å². The van der Waals surface area contributed by atoms with Gasteiger partial charge in [-0.2, -0.15) is 0 Å². The molecule has 1 aliphatic rings. The Kier molecular flexibility index (Phi) is 8.76. The van der Waals surface area contributed by atoms with Gasteiger partial charge in [-0.05, 0) is 32.2 Å². The highest BCUT2D eigenvalue weighted by Crippen LogP contribution is 2.28. The number of ether oxygens (including phenoxy) is 1. The molecule has 1 aromatic heterocycles. The summed E-state index contributed by atoms with van der Waals surface area (Å²) in [5.41, 5.74) is 0.871. The standard InChI is InChI=1S/C26H27ClF2N4O6S/c1-15(34)20-12-32(22-9-18(6-7-19(20)22)39-14-40(37,38)30-2)13-24(35)33-11-17(28)8-23(33)26(36)31-10-16-4-3-5-21(27)25(16)29/h3-7,9,12,17,23,30H,8,10-11,13-14H2,1-2H3,(H,31,36)/t17-,23+/m1/s1. The van der Waals surface area contributed by atoms with E-state index in [1.165, 1.54) is 55.1 Å². The van der Waals surface area contributed by atoms with Crippen molar-refractivity contribution in [1.82, 2.24) is 19.5 Å². The molecule has 0 aliphatic carbocycles. The second-order valence-corrected chi connectivity index (χ2v) is 11.6. The van der Waals surface area contributed by atoms with Gasteiger partial charge in [-0.25, -0.2) is 21.9 Å². The molecule has 0 spiro atoms. The number of ketones is 1. The molecule has 14 heteroatoms. The van der Waals surface area contributed by atoms with Gasteiger partial charge in [-0.3, -0.25) is 14.4 Å². The Balaban J connectivity index is 1.54. The third-order valence-electron chi connectivity index (χ3n) is 6.59. The van der Waals surface area contributed by atoms with Crippen LogP contribution in [0.5, 0.6) is 5.75 Å². The molecular formula is C26H27ClF2N4O6S. The Morgan fingerprint density at radius 1 is 1.20 bits per heavy atom. The number of amides is 2. The van der Waals surface area contributed by atoms with Crippen LogP contribution >= 0.6 is 11.6 Å². The van der Waals surface area contributed by atoms with Gasteiger partial charge in [0.2, 0.25) is 27.8 Å². The number of aromatic nitrogens is 1. The summed E-state index contributed by atoms with van der Waals surface area (Å²) in [5, 5.41) is 2.95. The van der Waals surface area contributed by atoms with Crippen molar-refractivity contribution < 1.29 is 36.3 Å². The second kappa shape index (κ2) is 11.9. The second-order valence-electron chi connectivity index (χ2n) is 9.31. The lowest BCUT2D eigenvalue weighted by atomic mass is 10.1. The number of hydrogen-bond donors (Lipinski definition) is 2. The third-order valence-corrected chi connectivity index (χ3v) is 7.93. The van der Waals surface area contributed by atoms with E-state index in [2.05, 4.69) is 10.0 Å². The molecule has 1 aliphatic heterocycles. The predicted molar refractivity (Wildman–Crippen MR) is 144 cm³/mol. The number of likely N-dealkylation sites (tertiary alicyclic amines) is 1. The first-order valence-corrected chi connectivity index (χ1v) is 14.2. The summed E-state index contributed by atoms with van der Waals surface area (Å²) in [6, 6.07) is 7.80. The lowest BCUT2D eigenvalue weighted by molar-refractivity contribution is -0.139. The van der Waals surface area contributed by atoms with Crippen LogP contribution in [0.25, 0.3) is 10.9 Å². The maximum atomic E-state index is 14.4. The molecule has 40 heavy (non-hydrogen) atoms. The maximum absolute atomic E-state index is 14.4. The number of nitrogens with one attached hydrogen (secondary N) is 2. The number of carbonyl (C=O) groups is 3. The molecule has 1 saturated heterocycles. The van der Waals surface area contributed by atoms with Gasteiger partial charge in [-0.1, -0.05) is 23.7 Å². The fourth-order valence-electron chi connectivity index (χ4n) is 4.51. The van der Waals surface area contributed by atoms with E-state index in [0.717, 1.165) is 4.90 Å². The molecule has 2 N–H and O–H groups in total. The summed E-state index contributed by atoms with van der Waals surface area (Å²) in [6.45, 7) is 0.526. The Bertz CT molecular complexity index is 1580. The highest BCUT2D eigenvalue weighted by atomic mass is 35.5. The minimum absolute atomic E-state index is 0.102. The van der Waals surface area contributed by atoms with Gasteiger partial charge in [0.05, 0.1) is 17.1 Å². The first-order chi connectivity index (χ1) is 18.9. The summed E-state index contributed by atoms with van der Waals surface area (Å²) in [5.74, 6) is -2.63. The Hall–Kier alpha value is -3.55. The van der Waals surface area contributed by atoms with Crippen LogP contribution in [0.15, 0.2) is 42.6 Å². The molecule has 2 aromatic carbocycles. The number of hydrogen-bond acceptors (Lipinski definition) is 6. The summed E-state index contributed by atoms with van der Waals surface area (Å²) in [4.78, 5) is 39.6. The fourth-order valence-corrected chi connectivity index (χ4v) is 5.11. The van der Waals surface area contributed by atoms with E-state index in [4.69, 9.17) is 16.3 Å². The monoisotopic (exact) mass is 596 g/mol. The molecule has 10 nitrogen and oxygen atoms in total. The van der Waals surface area contributed by atoms with Gasteiger partial charge in [0.1, 0.15) is 30.3 Å². The van der Waals surface area contributed by atoms with Crippen LogP contribution in [0.1, 0.15) is 29.3 Å². The molecule has 0 radical (unpaired) electrons. The predicted octanol–water partition coefficient (Wildman–Crippen LogP) is 2.78. The topological polar surface area (TPSA) is 127 Å². The van der Waals surface area contributed by atoms with Crippen molar-refractivity contribution in [3.63, 3.8) is 0 Å². The van der Waals surface area contributed by atoms with Gasteiger partial charge in [0.15, 0.2) is 5.78 Å². The van der Waals surface area contributed by atoms with E-state index in [9.17, 15) is 31.6 Å². The molecule has 4 rings (SSSR count). The maximum Gasteiger partial charge on any atom is 0.246 e. The van der Waals surface area contributed by atoms with Crippen molar-refractivity contribution >= 4 is 50.1 Å². The summed E-state index contributed by atoms with van der Waals surface area (Å²) >= 11 is 5.78. The number of sulfonamides is 1. The van der Waals surface area contributed by atoms with Crippen LogP contribution in [-0.2, 0) is 32.7 Å². The number of fused-ring (bicyclic) bond motifs is 1. The summed E-state index contributed by atoms with van der Waals surface area (Å²) in [6.07, 6.45) is -0.191. The molecule has 1 fully saturated rings. The normalized spacial score (nSPS) is 17.3. The van der Waals surface area contributed by atoms with Crippen LogP contribution < -0.4 is 14.8 Å². The van der Waals surface area contributed by atoms with E-state index in [1.807, 2.05) is 0 Å². The average molecular weight is 597 g/mol. The Morgan fingerprint density at radius 3 is 2.65 bits per heavy atom. The molecular weight excluding hydrogens is 570 g/mol. The molecule has 2 heterocycles. The van der Waals surface area contributed by atoms with Crippen molar-refractivity contribution in [3.05, 3.63) is 64.6 Å². The zero-order valence-electron chi connectivity index (χ0n) is 21.6. The Labute approximate surface area is 234 Å². The molecule has 214 valence electrons. The van der Waals surface area contributed by atoms with Gasteiger partial charge in [0.25, 0.3) is 0 Å². The minimum atomic E-state index is -3.66. The van der Waals surface area contributed by atoms with Crippen molar-refractivity contribution in [2.45, 2.75) is 38.6 Å². The third kappa shape index (κ3) is 6.43. The highest BCUT2D eigenvalue weighted by Gasteiger charge is 2.39. The summed E-state index contributed by atoms with van der Waals surface area (Å²) < 4.78 is 61.1. The van der Waals surface area contributed by atoms with Gasteiger partial charge < -0.3 is 19.5 Å². The first-order valence-electron chi connectivity index (χ1n) is 12.2. The average Bonchev–Trinajstić information content (AvgIpc) is 3.49. The molecule has 2 amide bonds. The van der Waals surface area contributed by atoms with Crippen molar-refractivity contribution in [2.24, 2.45) is 0 Å². The number of alkyl halides is 1. The SMILES string of the molecule is CNS(=O)(=O)COc1ccc2c(C(C)=O)cn(CC(=O)N3C[C@H](F)C[C@H]3C(=O)NCc3cccc(Cl)c3F)c2c1. The van der Waals surface area contributed by atoms with Gasteiger partial charge >= 0.3 is 0 Å². The van der Waals surface area contributed by atoms with E-state index in [-0.39, 0.29) is 48.2 Å². The van der Waals surface area contributed by atoms with Crippen molar-refractivity contribution in [1.29, 1.82) is 0 Å². The van der Waals surface area contributed by atoms with Gasteiger partial charge in [0, 0.05) is 41.7 Å².